The fourth-order valence-electron chi connectivity index (χ4n) is 2.33. The lowest BCUT2D eigenvalue weighted by atomic mass is 10.2. The minimum atomic E-state index is 0.293. The van der Waals surface area contributed by atoms with E-state index in [2.05, 4.69) is 11.1 Å². The highest BCUT2D eigenvalue weighted by Gasteiger charge is 2.14. The molecule has 0 amide bonds. The third-order valence-corrected chi connectivity index (χ3v) is 5.83. The number of aldehydes is 1. The van der Waals surface area contributed by atoms with Crippen LogP contribution in [0, 0.1) is 0 Å². The van der Waals surface area contributed by atoms with Crippen LogP contribution in [0.3, 0.4) is 0 Å². The molecule has 0 aliphatic rings. The molecule has 2 aromatic carbocycles. The van der Waals surface area contributed by atoms with E-state index >= 15 is 0 Å². The Kier molecular flexibility index (Phi) is 4.14. The highest BCUT2D eigenvalue weighted by atomic mass is 35.5. The second-order valence-corrected chi connectivity index (χ2v) is 7.77. The largest absolute Gasteiger partial charge is 0.453 e. The fraction of sp³-hybridized carbons (Fsp3) is 0. The fourth-order valence-corrected chi connectivity index (χ4v) is 4.65. The maximum atomic E-state index is 10.9. The second-order valence-electron chi connectivity index (χ2n) is 5.01. The van der Waals surface area contributed by atoms with Crippen LogP contribution in [0.5, 0.6) is 0 Å². The van der Waals surface area contributed by atoms with Gasteiger partial charge in [-0.05, 0) is 42.5 Å². The number of hydrogen-bond acceptors (Lipinski definition) is 5. The Morgan fingerprint density at radius 1 is 1.12 bits per heavy atom. The zero-order valence-electron chi connectivity index (χ0n) is 12.2. The van der Waals surface area contributed by atoms with Crippen LogP contribution in [0.15, 0.2) is 68.2 Å². The number of benzene rings is 2. The van der Waals surface area contributed by atoms with Crippen molar-refractivity contribution in [1.29, 1.82) is 0 Å². The zero-order valence-corrected chi connectivity index (χ0v) is 14.6. The van der Waals surface area contributed by atoms with Crippen LogP contribution in [-0.4, -0.2) is 11.3 Å². The molecular weight excluding hydrogens is 362 g/mol. The van der Waals surface area contributed by atoms with Gasteiger partial charge in [-0.25, -0.2) is 4.98 Å². The van der Waals surface area contributed by atoms with Gasteiger partial charge < -0.3 is 4.42 Å². The average Bonchev–Trinajstić information content (AvgIpc) is 3.22. The first kappa shape index (κ1) is 15.4. The summed E-state index contributed by atoms with van der Waals surface area (Å²) in [6.07, 6.45) is 0.689. The molecule has 118 valence electrons. The molecule has 0 saturated carbocycles. The number of aromatic nitrogens is 1. The predicted octanol–water partition coefficient (Wildman–Crippen LogP) is 6.17. The van der Waals surface area contributed by atoms with Gasteiger partial charge in [0.05, 0.1) is 10.2 Å². The van der Waals surface area contributed by atoms with E-state index in [1.165, 1.54) is 0 Å². The van der Waals surface area contributed by atoms with E-state index in [4.69, 9.17) is 16.0 Å². The minimum absolute atomic E-state index is 0.293. The van der Waals surface area contributed by atoms with Crippen molar-refractivity contribution in [3.05, 3.63) is 65.4 Å². The van der Waals surface area contributed by atoms with E-state index in [1.807, 2.05) is 36.4 Å². The van der Waals surface area contributed by atoms with Crippen LogP contribution >= 0.6 is 34.7 Å². The lowest BCUT2D eigenvalue weighted by Gasteiger charge is -2.06. The van der Waals surface area contributed by atoms with Crippen LogP contribution < -0.4 is 0 Å². The van der Waals surface area contributed by atoms with Crippen molar-refractivity contribution in [3.8, 4) is 11.3 Å². The number of hydrogen-bond donors (Lipinski definition) is 0. The monoisotopic (exact) mass is 371 g/mol. The van der Waals surface area contributed by atoms with Gasteiger partial charge in [-0.1, -0.05) is 35.5 Å². The summed E-state index contributed by atoms with van der Waals surface area (Å²) in [7, 11) is 0. The molecule has 0 spiro atoms. The first-order valence-electron chi connectivity index (χ1n) is 7.11. The Bertz CT molecular complexity index is 1010. The van der Waals surface area contributed by atoms with Gasteiger partial charge in [0.25, 0.3) is 0 Å². The quantitative estimate of drug-likeness (QED) is 0.402. The Hall–Kier alpha value is -2.08. The van der Waals surface area contributed by atoms with Gasteiger partial charge in [0.15, 0.2) is 16.4 Å². The molecule has 0 unspecified atom stereocenters. The van der Waals surface area contributed by atoms with Crippen molar-refractivity contribution in [1.82, 2.24) is 4.98 Å². The molecular formula is C18H10ClNO2S2. The van der Waals surface area contributed by atoms with Crippen LogP contribution in [0.25, 0.3) is 21.5 Å². The molecule has 6 heteroatoms. The number of rotatable bonds is 4. The lowest BCUT2D eigenvalue weighted by molar-refractivity contribution is 0.110. The summed E-state index contributed by atoms with van der Waals surface area (Å²) in [6, 6.07) is 17.1. The standard InChI is InChI=1S/C18H10ClNO2S2/c19-11-5-8-16(13(9-11)15-7-6-12(10-21)22-15)23-18-20-14-3-1-2-4-17(14)24-18/h1-10H. The number of furan rings is 1. The number of halogens is 1. The predicted molar refractivity (Wildman–Crippen MR) is 98.3 cm³/mol. The molecule has 2 aromatic heterocycles. The molecule has 0 atom stereocenters. The Morgan fingerprint density at radius 3 is 2.79 bits per heavy atom. The summed E-state index contributed by atoms with van der Waals surface area (Å²) in [6.45, 7) is 0. The highest BCUT2D eigenvalue weighted by molar-refractivity contribution is 8.01. The molecule has 4 aromatic rings. The molecule has 2 heterocycles. The highest BCUT2D eigenvalue weighted by Crippen LogP contribution is 2.40. The van der Waals surface area contributed by atoms with Crippen molar-refractivity contribution < 1.29 is 9.21 Å². The van der Waals surface area contributed by atoms with Crippen molar-refractivity contribution in [2.24, 2.45) is 0 Å². The maximum absolute atomic E-state index is 10.9. The summed E-state index contributed by atoms with van der Waals surface area (Å²) < 4.78 is 7.65. The van der Waals surface area contributed by atoms with E-state index in [0.717, 1.165) is 25.0 Å². The normalized spacial score (nSPS) is 11.0. The van der Waals surface area contributed by atoms with Gasteiger partial charge in [0.2, 0.25) is 0 Å². The molecule has 0 radical (unpaired) electrons. The first-order chi connectivity index (χ1) is 11.7. The van der Waals surface area contributed by atoms with Gasteiger partial charge >= 0.3 is 0 Å². The summed E-state index contributed by atoms with van der Waals surface area (Å²) in [4.78, 5) is 16.5. The Balaban J connectivity index is 1.75. The van der Waals surface area contributed by atoms with Crippen LogP contribution in [0.4, 0.5) is 0 Å². The van der Waals surface area contributed by atoms with Crippen molar-refractivity contribution in [2.75, 3.05) is 0 Å². The van der Waals surface area contributed by atoms with Gasteiger partial charge in [-0.3, -0.25) is 4.79 Å². The molecule has 0 bridgehead atoms. The van der Waals surface area contributed by atoms with E-state index in [1.54, 1.807) is 35.2 Å². The number of carbonyl (C=O) groups is 1. The molecule has 0 aliphatic heterocycles. The van der Waals surface area contributed by atoms with Crippen molar-refractivity contribution >= 4 is 51.2 Å². The van der Waals surface area contributed by atoms with Gasteiger partial charge in [0, 0.05) is 15.5 Å². The summed E-state index contributed by atoms with van der Waals surface area (Å²) in [5.41, 5.74) is 1.83. The van der Waals surface area contributed by atoms with Crippen LogP contribution in [0.1, 0.15) is 10.6 Å². The van der Waals surface area contributed by atoms with Crippen LogP contribution in [-0.2, 0) is 0 Å². The Labute approximate surface area is 151 Å². The average molecular weight is 372 g/mol. The summed E-state index contributed by atoms with van der Waals surface area (Å²) in [5, 5.41) is 0.614. The maximum Gasteiger partial charge on any atom is 0.185 e. The van der Waals surface area contributed by atoms with Gasteiger partial charge in [-0.2, -0.15) is 0 Å². The van der Waals surface area contributed by atoms with Crippen molar-refractivity contribution in [3.63, 3.8) is 0 Å². The lowest BCUT2D eigenvalue weighted by Crippen LogP contribution is -1.81. The number of thiazole rings is 1. The number of para-hydroxylation sites is 1. The molecule has 0 aliphatic carbocycles. The molecule has 0 saturated heterocycles. The number of fused-ring (bicyclic) bond motifs is 1. The topological polar surface area (TPSA) is 43.1 Å². The molecule has 4 rings (SSSR count). The molecule has 3 nitrogen and oxygen atoms in total. The minimum Gasteiger partial charge on any atom is -0.453 e. The van der Waals surface area contributed by atoms with E-state index < -0.39 is 0 Å². The van der Waals surface area contributed by atoms with E-state index in [0.29, 0.717) is 22.8 Å². The molecule has 0 fully saturated rings. The number of carbonyl (C=O) groups excluding carboxylic acids is 1. The molecule has 24 heavy (non-hydrogen) atoms. The summed E-state index contributed by atoms with van der Waals surface area (Å²) >= 11 is 9.34. The van der Waals surface area contributed by atoms with Crippen LogP contribution in [0.2, 0.25) is 5.02 Å². The first-order valence-corrected chi connectivity index (χ1v) is 9.12. The number of nitrogens with zero attached hydrogens (tertiary/aromatic N) is 1. The second kappa shape index (κ2) is 6.43. The summed E-state index contributed by atoms with van der Waals surface area (Å²) in [5.74, 6) is 0.907. The van der Waals surface area contributed by atoms with Crippen molar-refractivity contribution in [2.45, 2.75) is 9.24 Å². The SMILES string of the molecule is O=Cc1ccc(-c2cc(Cl)ccc2Sc2nc3ccccc3s2)o1. The Morgan fingerprint density at radius 2 is 2.00 bits per heavy atom. The van der Waals surface area contributed by atoms with Gasteiger partial charge in [0.1, 0.15) is 5.76 Å². The van der Waals surface area contributed by atoms with E-state index in [-0.39, 0.29) is 0 Å². The molecule has 0 N–H and O–H groups in total. The van der Waals surface area contributed by atoms with E-state index in [9.17, 15) is 4.79 Å². The third-order valence-electron chi connectivity index (χ3n) is 3.42. The zero-order chi connectivity index (χ0) is 16.5. The third kappa shape index (κ3) is 2.98. The smallest absolute Gasteiger partial charge is 0.185 e. The van der Waals surface area contributed by atoms with Gasteiger partial charge in [-0.15, -0.1) is 11.3 Å².